The second kappa shape index (κ2) is 6.76. The van der Waals surface area contributed by atoms with Crippen molar-refractivity contribution in [2.75, 3.05) is 12.4 Å². The third kappa shape index (κ3) is 2.88. The topological polar surface area (TPSA) is 70.1 Å². The van der Waals surface area contributed by atoms with E-state index in [9.17, 15) is 4.79 Å². The lowest BCUT2D eigenvalue weighted by atomic mass is 9.94. The third-order valence-corrected chi connectivity index (χ3v) is 5.97. The lowest BCUT2D eigenvalue weighted by molar-refractivity contribution is 0.0520. The molecule has 1 fully saturated rings. The number of fused-ring (bicyclic) bond motifs is 1. The van der Waals surface area contributed by atoms with Crippen molar-refractivity contribution in [1.29, 1.82) is 0 Å². The number of rotatable bonds is 4. The van der Waals surface area contributed by atoms with E-state index in [2.05, 4.69) is 30.1 Å². The molecule has 1 saturated carbocycles. The standard InChI is InChI=1S/C20H23N3O2S/c1-3-25-20(24)16-11-26-19(22-16)17-10-14-8-12(2)9-15(18(14)23(17)21)13-6-4-5-7-13/h8-11,13H,3-7,21H2,1-2H3. The fourth-order valence-corrected chi connectivity index (χ4v) is 4.77. The van der Waals surface area contributed by atoms with Crippen LogP contribution in [0.2, 0.25) is 0 Å². The number of hydrogen-bond donors (Lipinski definition) is 1. The number of nitrogens with two attached hydrogens (primary N) is 1. The zero-order valence-corrected chi connectivity index (χ0v) is 15.9. The average Bonchev–Trinajstić information content (AvgIpc) is 3.34. The molecule has 0 atom stereocenters. The van der Waals surface area contributed by atoms with Crippen molar-refractivity contribution in [2.45, 2.75) is 45.4 Å². The molecule has 136 valence electrons. The van der Waals surface area contributed by atoms with Gasteiger partial charge < -0.3 is 10.6 Å². The SMILES string of the molecule is CCOC(=O)c1csc(-c2cc3cc(C)cc(C4CCCC4)c3n2N)n1. The van der Waals surface area contributed by atoms with Crippen LogP contribution in [0.5, 0.6) is 0 Å². The van der Waals surface area contributed by atoms with Crippen molar-refractivity contribution >= 4 is 28.2 Å². The summed E-state index contributed by atoms with van der Waals surface area (Å²) in [5, 5.41) is 3.60. The Labute approximate surface area is 156 Å². The Morgan fingerprint density at radius 3 is 2.85 bits per heavy atom. The molecule has 26 heavy (non-hydrogen) atoms. The van der Waals surface area contributed by atoms with Gasteiger partial charge in [-0.3, -0.25) is 4.68 Å². The summed E-state index contributed by atoms with van der Waals surface area (Å²) >= 11 is 1.42. The molecule has 0 unspecified atom stereocenters. The molecule has 0 bridgehead atoms. The molecule has 1 aromatic carbocycles. The van der Waals surface area contributed by atoms with Crippen LogP contribution in [0.3, 0.4) is 0 Å². The highest BCUT2D eigenvalue weighted by molar-refractivity contribution is 7.13. The number of nitrogen functional groups attached to an aromatic ring is 1. The highest BCUT2D eigenvalue weighted by atomic mass is 32.1. The molecule has 0 aliphatic heterocycles. The van der Waals surface area contributed by atoms with Crippen molar-refractivity contribution < 1.29 is 9.53 Å². The monoisotopic (exact) mass is 369 g/mol. The van der Waals surface area contributed by atoms with Gasteiger partial charge in [0.2, 0.25) is 0 Å². The van der Waals surface area contributed by atoms with Crippen LogP contribution in [0, 0.1) is 6.92 Å². The number of carbonyl (C=O) groups excluding carboxylic acids is 1. The van der Waals surface area contributed by atoms with Gasteiger partial charge in [-0.2, -0.15) is 0 Å². The first-order valence-corrected chi connectivity index (χ1v) is 10.0. The minimum atomic E-state index is -0.392. The van der Waals surface area contributed by atoms with Crippen LogP contribution in [0.15, 0.2) is 23.6 Å². The Morgan fingerprint density at radius 1 is 1.35 bits per heavy atom. The van der Waals surface area contributed by atoms with Crippen molar-refractivity contribution in [3.63, 3.8) is 0 Å². The smallest absolute Gasteiger partial charge is 0.357 e. The van der Waals surface area contributed by atoms with Crippen LogP contribution < -0.4 is 5.84 Å². The Kier molecular flexibility index (Phi) is 4.44. The first-order valence-electron chi connectivity index (χ1n) is 9.12. The second-order valence-corrected chi connectivity index (χ2v) is 7.79. The molecule has 0 saturated heterocycles. The maximum atomic E-state index is 11.9. The summed E-state index contributed by atoms with van der Waals surface area (Å²) < 4.78 is 6.78. The van der Waals surface area contributed by atoms with E-state index in [1.807, 2.05) is 0 Å². The van der Waals surface area contributed by atoms with E-state index < -0.39 is 5.97 Å². The molecule has 6 heteroatoms. The summed E-state index contributed by atoms with van der Waals surface area (Å²) in [5.41, 5.74) is 4.86. The molecule has 2 N–H and O–H groups in total. The molecular weight excluding hydrogens is 346 g/mol. The lowest BCUT2D eigenvalue weighted by Gasteiger charge is -2.14. The minimum Gasteiger partial charge on any atom is -0.461 e. The normalized spacial score (nSPS) is 15.0. The predicted molar refractivity (Wildman–Crippen MR) is 105 cm³/mol. The minimum absolute atomic E-state index is 0.337. The van der Waals surface area contributed by atoms with Gasteiger partial charge >= 0.3 is 5.97 Å². The summed E-state index contributed by atoms with van der Waals surface area (Å²) in [6.45, 7) is 4.26. The quantitative estimate of drug-likeness (QED) is 0.538. The molecule has 0 amide bonds. The number of hydrogen-bond acceptors (Lipinski definition) is 5. The van der Waals surface area contributed by atoms with Crippen molar-refractivity contribution in [2.24, 2.45) is 0 Å². The van der Waals surface area contributed by atoms with E-state index in [0.717, 1.165) is 21.6 Å². The van der Waals surface area contributed by atoms with Crippen LogP contribution >= 0.6 is 11.3 Å². The fourth-order valence-electron chi connectivity index (χ4n) is 3.96. The number of carbonyl (C=O) groups is 1. The number of esters is 1. The molecule has 4 rings (SSSR count). The number of nitrogens with zero attached hydrogens (tertiary/aromatic N) is 2. The van der Waals surface area contributed by atoms with Gasteiger partial charge in [0.1, 0.15) is 5.01 Å². The predicted octanol–water partition coefficient (Wildman–Crippen LogP) is 4.62. The number of thiazole rings is 1. The molecule has 2 aromatic heterocycles. The summed E-state index contributed by atoms with van der Waals surface area (Å²) in [4.78, 5) is 16.4. The largest absolute Gasteiger partial charge is 0.461 e. The molecule has 0 spiro atoms. The van der Waals surface area contributed by atoms with E-state index in [0.29, 0.717) is 18.2 Å². The molecule has 5 nitrogen and oxygen atoms in total. The number of aromatic nitrogens is 2. The fraction of sp³-hybridized carbons (Fsp3) is 0.400. The van der Waals surface area contributed by atoms with E-state index >= 15 is 0 Å². The van der Waals surface area contributed by atoms with Crippen LogP contribution in [-0.2, 0) is 4.74 Å². The van der Waals surface area contributed by atoms with Crippen LogP contribution in [-0.4, -0.2) is 22.2 Å². The Balaban J connectivity index is 1.81. The summed E-state index contributed by atoms with van der Waals surface area (Å²) in [6.07, 6.45) is 5.02. The molecule has 3 aromatic rings. The van der Waals surface area contributed by atoms with Crippen LogP contribution in [0.1, 0.15) is 60.1 Å². The van der Waals surface area contributed by atoms with Gasteiger partial charge in [-0.1, -0.05) is 24.5 Å². The third-order valence-electron chi connectivity index (χ3n) is 5.11. The van der Waals surface area contributed by atoms with Crippen molar-refractivity contribution in [3.05, 3.63) is 40.4 Å². The van der Waals surface area contributed by atoms with Crippen LogP contribution in [0.25, 0.3) is 21.6 Å². The van der Waals surface area contributed by atoms with E-state index in [-0.39, 0.29) is 0 Å². The van der Waals surface area contributed by atoms with E-state index in [1.165, 1.54) is 48.1 Å². The van der Waals surface area contributed by atoms with Gasteiger partial charge in [0, 0.05) is 10.8 Å². The van der Waals surface area contributed by atoms with Crippen molar-refractivity contribution in [3.8, 4) is 10.7 Å². The second-order valence-electron chi connectivity index (χ2n) is 6.93. The van der Waals surface area contributed by atoms with E-state index in [4.69, 9.17) is 10.6 Å². The first kappa shape index (κ1) is 17.1. The molecule has 0 radical (unpaired) electrons. The maximum Gasteiger partial charge on any atom is 0.357 e. The number of ether oxygens (including phenoxy) is 1. The number of benzene rings is 1. The summed E-state index contributed by atoms with van der Waals surface area (Å²) in [5.74, 6) is 6.69. The highest BCUT2D eigenvalue weighted by Crippen LogP contribution is 2.40. The lowest BCUT2D eigenvalue weighted by Crippen LogP contribution is -2.12. The molecular formula is C20H23N3O2S. The highest BCUT2D eigenvalue weighted by Gasteiger charge is 2.23. The maximum absolute atomic E-state index is 11.9. The number of aryl methyl sites for hydroxylation is 1. The van der Waals surface area contributed by atoms with E-state index in [1.54, 1.807) is 17.0 Å². The molecule has 1 aliphatic rings. The molecule has 2 heterocycles. The Bertz CT molecular complexity index is 967. The zero-order chi connectivity index (χ0) is 18.3. The van der Waals surface area contributed by atoms with Gasteiger partial charge in [0.25, 0.3) is 0 Å². The Hall–Kier alpha value is -2.34. The summed E-state index contributed by atoms with van der Waals surface area (Å²) in [6, 6.07) is 6.52. The summed E-state index contributed by atoms with van der Waals surface area (Å²) in [7, 11) is 0. The van der Waals surface area contributed by atoms with Crippen LogP contribution in [0.4, 0.5) is 0 Å². The first-order chi connectivity index (χ1) is 12.6. The van der Waals surface area contributed by atoms with Gasteiger partial charge in [0.15, 0.2) is 5.69 Å². The average molecular weight is 369 g/mol. The molecule has 1 aliphatic carbocycles. The van der Waals surface area contributed by atoms with Crippen molar-refractivity contribution in [1.82, 2.24) is 9.66 Å². The Morgan fingerprint density at radius 2 is 2.12 bits per heavy atom. The van der Waals surface area contributed by atoms with Gasteiger partial charge in [0.05, 0.1) is 17.8 Å². The van der Waals surface area contributed by atoms with Gasteiger partial charge in [-0.25, -0.2) is 9.78 Å². The van der Waals surface area contributed by atoms with Gasteiger partial charge in [-0.05, 0) is 50.3 Å². The van der Waals surface area contributed by atoms with Gasteiger partial charge in [-0.15, -0.1) is 11.3 Å². The zero-order valence-electron chi connectivity index (χ0n) is 15.1.